The highest BCUT2D eigenvalue weighted by Gasteiger charge is 2.22. The molecule has 1 N–H and O–H groups in total. The summed E-state index contributed by atoms with van der Waals surface area (Å²) in [6.07, 6.45) is 1.69. The number of carbonyl (C=O) groups is 1. The maximum absolute atomic E-state index is 12.7. The summed E-state index contributed by atoms with van der Waals surface area (Å²) in [4.78, 5) is 12.9. The van der Waals surface area contributed by atoms with Crippen LogP contribution in [0.1, 0.15) is 38.3 Å². The highest BCUT2D eigenvalue weighted by atomic mass is 35.5. The fourth-order valence-corrected chi connectivity index (χ4v) is 3.47. The molecule has 0 aliphatic carbocycles. The summed E-state index contributed by atoms with van der Waals surface area (Å²) in [7, 11) is -3.25. The van der Waals surface area contributed by atoms with Crippen molar-refractivity contribution in [3.8, 4) is 5.75 Å². The molecule has 7 heteroatoms. The van der Waals surface area contributed by atoms with E-state index in [4.69, 9.17) is 16.3 Å². The van der Waals surface area contributed by atoms with Crippen LogP contribution < -0.4 is 10.1 Å². The Hall–Kier alpha value is -2.05. The van der Waals surface area contributed by atoms with Crippen LogP contribution in [0.4, 0.5) is 0 Å². The average molecular weight is 410 g/mol. The van der Waals surface area contributed by atoms with Gasteiger partial charge in [-0.15, -0.1) is 0 Å². The number of sulfone groups is 1. The first kappa shape index (κ1) is 21.3. The highest BCUT2D eigenvalue weighted by Crippen LogP contribution is 2.22. The number of ether oxygens (including phenoxy) is 1. The van der Waals surface area contributed by atoms with Gasteiger partial charge in [0.1, 0.15) is 5.75 Å². The molecule has 2 atom stereocenters. The van der Waals surface area contributed by atoms with Crippen molar-refractivity contribution >= 4 is 27.3 Å². The molecule has 0 saturated carbocycles. The number of halogens is 1. The van der Waals surface area contributed by atoms with Gasteiger partial charge >= 0.3 is 0 Å². The fraction of sp³-hybridized carbons (Fsp3) is 0.350. The van der Waals surface area contributed by atoms with Crippen LogP contribution in [0.2, 0.25) is 5.02 Å². The van der Waals surface area contributed by atoms with E-state index in [-0.39, 0.29) is 16.8 Å². The quantitative estimate of drug-likeness (QED) is 0.710. The maximum Gasteiger partial charge on any atom is 0.261 e. The summed E-state index contributed by atoms with van der Waals surface area (Å²) in [5, 5.41) is 3.52. The second kappa shape index (κ2) is 9.24. The van der Waals surface area contributed by atoms with Crippen LogP contribution in [0.5, 0.6) is 5.75 Å². The van der Waals surface area contributed by atoms with Crippen molar-refractivity contribution in [2.24, 2.45) is 0 Å². The lowest BCUT2D eigenvalue weighted by molar-refractivity contribution is -0.128. The molecule has 0 heterocycles. The smallest absolute Gasteiger partial charge is 0.261 e. The summed E-state index contributed by atoms with van der Waals surface area (Å²) < 4.78 is 29.0. The van der Waals surface area contributed by atoms with Crippen LogP contribution in [-0.4, -0.2) is 26.7 Å². The van der Waals surface area contributed by atoms with Crippen molar-refractivity contribution < 1.29 is 17.9 Å². The van der Waals surface area contributed by atoms with Gasteiger partial charge in [0, 0.05) is 11.3 Å². The molecule has 0 aliphatic rings. The van der Waals surface area contributed by atoms with Crippen LogP contribution in [0.15, 0.2) is 53.4 Å². The minimum Gasteiger partial charge on any atom is -0.481 e. The van der Waals surface area contributed by atoms with E-state index >= 15 is 0 Å². The Morgan fingerprint density at radius 2 is 1.78 bits per heavy atom. The second-order valence-electron chi connectivity index (χ2n) is 6.28. The van der Waals surface area contributed by atoms with Crippen molar-refractivity contribution in [1.29, 1.82) is 0 Å². The second-order valence-corrected chi connectivity index (χ2v) is 8.73. The van der Waals surface area contributed by atoms with Gasteiger partial charge in [-0.2, -0.15) is 0 Å². The lowest BCUT2D eigenvalue weighted by atomic mass is 10.0. The topological polar surface area (TPSA) is 72.5 Å². The zero-order valence-electron chi connectivity index (χ0n) is 15.6. The van der Waals surface area contributed by atoms with Gasteiger partial charge in [0.15, 0.2) is 15.9 Å². The Bertz CT molecular complexity index is 881. The molecule has 0 aliphatic heterocycles. The zero-order valence-corrected chi connectivity index (χ0v) is 17.2. The number of hydrogen-bond donors (Lipinski definition) is 1. The third kappa shape index (κ3) is 5.97. The van der Waals surface area contributed by atoms with E-state index < -0.39 is 15.9 Å². The number of carbonyl (C=O) groups excluding carboxylic acids is 1. The predicted molar refractivity (Wildman–Crippen MR) is 107 cm³/mol. The van der Waals surface area contributed by atoms with Crippen LogP contribution >= 0.6 is 11.6 Å². The molecular weight excluding hydrogens is 386 g/mol. The van der Waals surface area contributed by atoms with Gasteiger partial charge in [-0.3, -0.25) is 4.79 Å². The van der Waals surface area contributed by atoms with Crippen LogP contribution in [-0.2, 0) is 14.6 Å². The number of nitrogens with one attached hydrogen (secondary N) is 1. The molecule has 146 valence electrons. The van der Waals surface area contributed by atoms with Crippen LogP contribution in [0, 0.1) is 0 Å². The van der Waals surface area contributed by atoms with E-state index in [2.05, 4.69) is 5.32 Å². The van der Waals surface area contributed by atoms with E-state index in [0.717, 1.165) is 5.56 Å². The number of amides is 1. The standard InChI is InChI=1S/C20H24ClNO4S/c1-4-18(14-9-11-17(12-10-14)27(3,24)25)22-20(23)19(5-2)26-16-8-6-7-15(21)13-16/h6-13,18-19H,4-5H2,1-3H3,(H,22,23)/t18-,19+/m0/s1. The Morgan fingerprint density at radius 1 is 1.11 bits per heavy atom. The van der Waals surface area contributed by atoms with Crippen molar-refractivity contribution in [1.82, 2.24) is 5.32 Å². The molecule has 27 heavy (non-hydrogen) atoms. The zero-order chi connectivity index (χ0) is 20.0. The summed E-state index contributed by atoms with van der Waals surface area (Å²) in [6, 6.07) is 13.2. The summed E-state index contributed by atoms with van der Waals surface area (Å²) in [5.41, 5.74) is 0.843. The van der Waals surface area contributed by atoms with Crippen LogP contribution in [0.3, 0.4) is 0 Å². The van der Waals surface area contributed by atoms with Gasteiger partial charge in [0.05, 0.1) is 10.9 Å². The van der Waals surface area contributed by atoms with Gasteiger partial charge < -0.3 is 10.1 Å². The lowest BCUT2D eigenvalue weighted by Crippen LogP contribution is -2.39. The third-order valence-corrected chi connectivity index (χ3v) is 5.54. The monoisotopic (exact) mass is 409 g/mol. The first-order valence-corrected chi connectivity index (χ1v) is 11.0. The summed E-state index contributed by atoms with van der Waals surface area (Å²) in [6.45, 7) is 3.82. The van der Waals surface area contributed by atoms with E-state index in [1.165, 1.54) is 6.26 Å². The van der Waals surface area contributed by atoms with E-state index in [0.29, 0.717) is 23.6 Å². The fourth-order valence-electron chi connectivity index (χ4n) is 2.66. The van der Waals surface area contributed by atoms with Gasteiger partial charge in [-0.05, 0) is 48.7 Å². The van der Waals surface area contributed by atoms with Gasteiger partial charge in [0.2, 0.25) is 0 Å². The molecule has 2 aromatic carbocycles. The first-order chi connectivity index (χ1) is 12.7. The molecule has 0 saturated heterocycles. The van der Waals surface area contributed by atoms with Crippen molar-refractivity contribution in [3.63, 3.8) is 0 Å². The van der Waals surface area contributed by atoms with E-state index in [1.807, 2.05) is 13.8 Å². The first-order valence-electron chi connectivity index (χ1n) is 8.77. The normalized spacial score (nSPS) is 13.6. The Morgan fingerprint density at radius 3 is 2.30 bits per heavy atom. The van der Waals surface area contributed by atoms with Crippen LogP contribution in [0.25, 0.3) is 0 Å². The largest absolute Gasteiger partial charge is 0.481 e. The van der Waals surface area contributed by atoms with Gasteiger partial charge in [0.25, 0.3) is 5.91 Å². The number of hydrogen-bond acceptors (Lipinski definition) is 4. The third-order valence-electron chi connectivity index (χ3n) is 4.17. The Labute approximate surface area is 165 Å². The molecule has 0 unspecified atom stereocenters. The summed E-state index contributed by atoms with van der Waals surface area (Å²) >= 11 is 5.96. The molecule has 2 rings (SSSR count). The molecule has 0 spiro atoms. The minimum atomic E-state index is -3.25. The summed E-state index contributed by atoms with van der Waals surface area (Å²) in [5.74, 6) is 0.312. The van der Waals surface area contributed by atoms with Gasteiger partial charge in [-0.1, -0.05) is 43.6 Å². The van der Waals surface area contributed by atoms with Crippen molar-refractivity contribution in [2.45, 2.75) is 43.7 Å². The lowest BCUT2D eigenvalue weighted by Gasteiger charge is -2.22. The molecule has 0 radical (unpaired) electrons. The molecule has 1 amide bonds. The van der Waals surface area contributed by atoms with Gasteiger partial charge in [-0.25, -0.2) is 8.42 Å². The Kier molecular flexibility index (Phi) is 7.27. The average Bonchev–Trinajstić information content (AvgIpc) is 2.63. The molecule has 0 fully saturated rings. The molecule has 0 bridgehead atoms. The minimum absolute atomic E-state index is 0.225. The number of rotatable bonds is 8. The molecule has 5 nitrogen and oxygen atoms in total. The molecule has 2 aromatic rings. The predicted octanol–water partition coefficient (Wildman–Crippen LogP) is 4.17. The van der Waals surface area contributed by atoms with E-state index in [9.17, 15) is 13.2 Å². The Balaban J connectivity index is 2.10. The van der Waals surface area contributed by atoms with Crippen molar-refractivity contribution in [3.05, 3.63) is 59.1 Å². The number of benzene rings is 2. The highest BCUT2D eigenvalue weighted by molar-refractivity contribution is 7.90. The molecular formula is C20H24ClNO4S. The van der Waals surface area contributed by atoms with Crippen molar-refractivity contribution in [2.75, 3.05) is 6.26 Å². The van der Waals surface area contributed by atoms with E-state index in [1.54, 1.807) is 48.5 Å². The molecule has 0 aromatic heterocycles. The SMILES string of the molecule is CC[C@H](NC(=O)[C@@H](CC)Oc1cccc(Cl)c1)c1ccc(S(C)(=O)=O)cc1. The maximum atomic E-state index is 12.7.